The summed E-state index contributed by atoms with van der Waals surface area (Å²) in [6.45, 7) is 3.55. The van der Waals surface area contributed by atoms with E-state index in [9.17, 15) is 13.2 Å². The van der Waals surface area contributed by atoms with Crippen LogP contribution in [-0.4, -0.2) is 20.8 Å². The zero-order valence-electron chi connectivity index (χ0n) is 11.8. The fourth-order valence-electron chi connectivity index (χ4n) is 1.56. The maximum Gasteiger partial charge on any atom is 0.296 e. The van der Waals surface area contributed by atoms with Crippen LogP contribution in [0.15, 0.2) is 41.3 Å². The van der Waals surface area contributed by atoms with E-state index in [0.29, 0.717) is 6.42 Å². The molecule has 1 rings (SSSR count). The van der Waals surface area contributed by atoms with Crippen molar-refractivity contribution in [3.8, 4) is 0 Å². The molecule has 1 aromatic carbocycles. The number of allylic oxidation sites excluding steroid dienone is 2. The summed E-state index contributed by atoms with van der Waals surface area (Å²) in [5.74, 6) is 0.0169. The fraction of sp³-hybridized carbons (Fsp3) is 0.400. The summed E-state index contributed by atoms with van der Waals surface area (Å²) in [6.07, 6.45) is 5.47. The minimum Gasteiger partial charge on any atom is -0.295 e. The Morgan fingerprint density at radius 3 is 2.45 bits per heavy atom. The van der Waals surface area contributed by atoms with Gasteiger partial charge in [-0.1, -0.05) is 23.8 Å². The highest BCUT2D eigenvalue weighted by molar-refractivity contribution is 7.86. The first-order valence-electron chi connectivity index (χ1n) is 6.55. The van der Waals surface area contributed by atoms with Crippen LogP contribution in [0.5, 0.6) is 0 Å². The number of carbonyl (C=O) groups excluding carboxylic acids is 1. The molecule has 110 valence electrons. The van der Waals surface area contributed by atoms with E-state index in [1.807, 2.05) is 6.92 Å². The maximum atomic E-state index is 11.8. The average Bonchev–Trinajstić information content (AvgIpc) is 2.37. The van der Waals surface area contributed by atoms with E-state index in [1.54, 1.807) is 30.3 Å². The third-order valence-corrected chi connectivity index (χ3v) is 3.99. The minimum atomic E-state index is -3.66. The Morgan fingerprint density at radius 2 is 1.85 bits per heavy atom. The largest absolute Gasteiger partial charge is 0.296 e. The van der Waals surface area contributed by atoms with Crippen molar-refractivity contribution in [1.82, 2.24) is 0 Å². The summed E-state index contributed by atoms with van der Waals surface area (Å²) in [7, 11) is -3.66. The normalized spacial score (nSPS) is 11.9. The summed E-state index contributed by atoms with van der Waals surface area (Å²) in [5, 5.41) is 0. The van der Waals surface area contributed by atoms with Gasteiger partial charge in [0.25, 0.3) is 10.1 Å². The SMILES string of the molecule is CC(=O)/C=C/CCCCOS(=O)(=O)c1ccc(C)cc1. The van der Waals surface area contributed by atoms with Crippen LogP contribution in [0.3, 0.4) is 0 Å². The zero-order chi connectivity index (χ0) is 15.0. The molecule has 0 aromatic heterocycles. The lowest BCUT2D eigenvalue weighted by atomic mass is 10.2. The van der Waals surface area contributed by atoms with Crippen LogP contribution in [0.2, 0.25) is 0 Å². The first-order chi connectivity index (χ1) is 9.42. The number of ketones is 1. The van der Waals surface area contributed by atoms with Crippen molar-refractivity contribution in [3.05, 3.63) is 42.0 Å². The second-order valence-corrected chi connectivity index (χ2v) is 6.21. The van der Waals surface area contributed by atoms with Gasteiger partial charge in [-0.2, -0.15) is 8.42 Å². The quantitative estimate of drug-likeness (QED) is 0.420. The Morgan fingerprint density at radius 1 is 1.20 bits per heavy atom. The van der Waals surface area contributed by atoms with Gasteiger partial charge in [0.1, 0.15) is 0 Å². The first-order valence-corrected chi connectivity index (χ1v) is 7.96. The Balaban J connectivity index is 2.34. The molecule has 0 N–H and O–H groups in total. The van der Waals surface area contributed by atoms with Gasteiger partial charge in [-0.15, -0.1) is 0 Å². The average molecular weight is 296 g/mol. The first kappa shape index (κ1) is 16.6. The molecule has 0 saturated carbocycles. The van der Waals surface area contributed by atoms with E-state index in [0.717, 1.165) is 18.4 Å². The Labute approximate surface area is 120 Å². The van der Waals surface area contributed by atoms with Gasteiger partial charge < -0.3 is 0 Å². The monoisotopic (exact) mass is 296 g/mol. The van der Waals surface area contributed by atoms with Gasteiger partial charge in [0.15, 0.2) is 5.78 Å². The maximum absolute atomic E-state index is 11.8. The number of aryl methyl sites for hydroxylation is 1. The summed E-state index contributed by atoms with van der Waals surface area (Å²) >= 11 is 0. The Bertz CT molecular complexity index is 556. The standard InChI is InChI=1S/C15H20O4S/c1-13-8-10-15(11-9-13)20(17,18)19-12-6-4-3-5-7-14(2)16/h5,7-11H,3-4,6,12H2,1-2H3/b7-5+. The molecule has 0 amide bonds. The van der Waals surface area contributed by atoms with Crippen LogP contribution in [0, 0.1) is 6.92 Å². The van der Waals surface area contributed by atoms with Gasteiger partial charge in [-0.25, -0.2) is 0 Å². The van der Waals surface area contributed by atoms with Gasteiger partial charge in [-0.05, 0) is 51.3 Å². The Hall–Kier alpha value is -1.46. The number of benzene rings is 1. The Kier molecular flexibility index (Phi) is 6.61. The number of hydrogen-bond donors (Lipinski definition) is 0. The fourth-order valence-corrected chi connectivity index (χ4v) is 2.50. The van der Waals surface area contributed by atoms with Gasteiger partial charge >= 0.3 is 0 Å². The molecule has 1 aromatic rings. The van der Waals surface area contributed by atoms with E-state index in [2.05, 4.69) is 0 Å². The van der Waals surface area contributed by atoms with Crippen LogP contribution < -0.4 is 0 Å². The van der Waals surface area contributed by atoms with E-state index in [4.69, 9.17) is 4.18 Å². The second kappa shape index (κ2) is 7.97. The molecule has 0 unspecified atom stereocenters. The van der Waals surface area contributed by atoms with Crippen molar-refractivity contribution in [2.45, 2.75) is 38.0 Å². The van der Waals surface area contributed by atoms with Crippen molar-refractivity contribution in [1.29, 1.82) is 0 Å². The van der Waals surface area contributed by atoms with Crippen molar-refractivity contribution in [3.63, 3.8) is 0 Å². The predicted molar refractivity (Wildman–Crippen MR) is 78.0 cm³/mol. The topological polar surface area (TPSA) is 60.4 Å². The summed E-state index contributed by atoms with van der Waals surface area (Å²) in [5.41, 5.74) is 1.00. The molecule has 4 nitrogen and oxygen atoms in total. The molecule has 0 spiro atoms. The highest BCUT2D eigenvalue weighted by Gasteiger charge is 2.13. The smallest absolute Gasteiger partial charge is 0.295 e. The second-order valence-electron chi connectivity index (χ2n) is 4.60. The van der Waals surface area contributed by atoms with Crippen LogP contribution >= 0.6 is 0 Å². The minimum absolute atomic E-state index is 0.0169. The van der Waals surface area contributed by atoms with E-state index in [1.165, 1.54) is 13.0 Å². The van der Waals surface area contributed by atoms with E-state index >= 15 is 0 Å². The molecule has 5 heteroatoms. The van der Waals surface area contributed by atoms with Crippen LogP contribution in [0.1, 0.15) is 31.7 Å². The van der Waals surface area contributed by atoms with Crippen LogP contribution in [-0.2, 0) is 19.1 Å². The zero-order valence-corrected chi connectivity index (χ0v) is 12.7. The molecule has 0 aliphatic rings. The molecule has 0 radical (unpaired) electrons. The lowest BCUT2D eigenvalue weighted by Crippen LogP contribution is -2.07. The summed E-state index contributed by atoms with van der Waals surface area (Å²) in [4.78, 5) is 10.8. The lowest BCUT2D eigenvalue weighted by Gasteiger charge is -2.05. The molecule has 20 heavy (non-hydrogen) atoms. The highest BCUT2D eigenvalue weighted by Crippen LogP contribution is 2.13. The summed E-state index contributed by atoms with van der Waals surface area (Å²) < 4.78 is 28.6. The van der Waals surface area contributed by atoms with Gasteiger partial charge in [0, 0.05) is 0 Å². The molecule has 0 atom stereocenters. The molecule has 0 heterocycles. The van der Waals surface area contributed by atoms with Crippen molar-refractivity contribution in [2.24, 2.45) is 0 Å². The van der Waals surface area contributed by atoms with E-state index in [-0.39, 0.29) is 17.3 Å². The van der Waals surface area contributed by atoms with Gasteiger partial charge in [-0.3, -0.25) is 8.98 Å². The third-order valence-electron chi connectivity index (χ3n) is 2.67. The molecule has 0 fully saturated rings. The van der Waals surface area contributed by atoms with Crippen molar-refractivity contribution in [2.75, 3.05) is 6.61 Å². The number of rotatable bonds is 8. The molecular formula is C15H20O4S. The predicted octanol–water partition coefficient (Wildman–Crippen LogP) is 3.02. The molecule has 0 aliphatic heterocycles. The van der Waals surface area contributed by atoms with Gasteiger partial charge in [0.2, 0.25) is 0 Å². The number of carbonyl (C=O) groups is 1. The van der Waals surface area contributed by atoms with Crippen molar-refractivity contribution < 1.29 is 17.4 Å². The summed E-state index contributed by atoms with van der Waals surface area (Å²) in [6, 6.07) is 6.56. The van der Waals surface area contributed by atoms with Gasteiger partial charge in [0.05, 0.1) is 11.5 Å². The third kappa shape index (κ3) is 6.12. The number of unbranched alkanes of at least 4 members (excludes halogenated alkanes) is 2. The molecular weight excluding hydrogens is 276 g/mol. The molecule has 0 aliphatic carbocycles. The highest BCUT2D eigenvalue weighted by atomic mass is 32.2. The van der Waals surface area contributed by atoms with Crippen LogP contribution in [0.4, 0.5) is 0 Å². The van der Waals surface area contributed by atoms with Crippen molar-refractivity contribution >= 4 is 15.9 Å². The van der Waals surface area contributed by atoms with E-state index < -0.39 is 10.1 Å². The lowest BCUT2D eigenvalue weighted by molar-refractivity contribution is -0.112. The van der Waals surface area contributed by atoms with Crippen LogP contribution in [0.25, 0.3) is 0 Å². The number of hydrogen-bond acceptors (Lipinski definition) is 4. The molecule has 0 bridgehead atoms. The molecule has 0 saturated heterocycles.